The third kappa shape index (κ3) is 4.21. The zero-order valence-electron chi connectivity index (χ0n) is 8.03. The Morgan fingerprint density at radius 1 is 1.21 bits per heavy atom. The minimum atomic E-state index is -1.58. The summed E-state index contributed by atoms with van der Waals surface area (Å²) in [6, 6.07) is 9.65. The van der Waals surface area contributed by atoms with Crippen LogP contribution in [0.5, 0.6) is 0 Å². The van der Waals surface area contributed by atoms with E-state index in [1.54, 1.807) is 0 Å². The maximum Gasteiger partial charge on any atom is 0.372 e. The van der Waals surface area contributed by atoms with E-state index < -0.39 is 28.8 Å². The molecule has 8 heteroatoms. The molecule has 1 aromatic rings. The molecule has 0 atom stereocenters. The molecule has 0 radical (unpaired) electrons. The molecule has 1 N–H and O–H groups in total. The highest BCUT2D eigenvalue weighted by Gasteiger charge is 2.03. The highest BCUT2D eigenvalue weighted by atomic mass is 28.4. The maximum atomic E-state index is 7.77. The summed E-state index contributed by atoms with van der Waals surface area (Å²) in [6.07, 6.45) is 0. The molecular weight excluding hydrogens is 246 g/mol. The third-order valence-corrected chi connectivity index (χ3v) is 6.28. The molecule has 1 aromatic carbocycles. The van der Waals surface area contributed by atoms with Crippen LogP contribution in [0.3, 0.4) is 0 Å². The summed E-state index contributed by atoms with van der Waals surface area (Å²) in [7, 11) is -2.58. The lowest BCUT2D eigenvalue weighted by molar-refractivity contribution is 0.437. The molecular formula is C6H13NO3Si4. The van der Waals surface area contributed by atoms with E-state index in [2.05, 4.69) is 0 Å². The van der Waals surface area contributed by atoms with Crippen molar-refractivity contribution in [2.45, 2.75) is 0 Å². The van der Waals surface area contributed by atoms with Crippen molar-refractivity contribution >= 4 is 44.5 Å². The fourth-order valence-corrected chi connectivity index (χ4v) is 6.05. The largest absolute Gasteiger partial charge is 0.575 e. The van der Waals surface area contributed by atoms with Crippen molar-refractivity contribution in [2.24, 2.45) is 0 Å². The second-order valence-corrected chi connectivity index (χ2v) is 9.37. The van der Waals surface area contributed by atoms with Gasteiger partial charge in [-0.2, -0.15) is 0 Å². The van der Waals surface area contributed by atoms with Gasteiger partial charge in [0.25, 0.3) is 10.0 Å². The molecule has 0 fully saturated rings. The molecule has 0 spiro atoms. The van der Waals surface area contributed by atoms with Gasteiger partial charge in [-0.3, -0.25) is 0 Å². The summed E-state index contributed by atoms with van der Waals surface area (Å²) in [5, 5.41) is 8.74. The molecule has 0 aliphatic rings. The van der Waals surface area contributed by atoms with Crippen LogP contribution in [0.2, 0.25) is 0 Å². The van der Waals surface area contributed by atoms with Gasteiger partial charge in [0, 0.05) is 5.19 Å². The van der Waals surface area contributed by atoms with Gasteiger partial charge in [-0.1, -0.05) is 30.3 Å². The molecule has 0 saturated carbocycles. The van der Waals surface area contributed by atoms with Gasteiger partial charge in [0.2, 0.25) is 0 Å². The van der Waals surface area contributed by atoms with Gasteiger partial charge in [-0.15, -0.1) is 0 Å². The molecule has 76 valence electrons. The summed E-state index contributed by atoms with van der Waals surface area (Å²) in [5.74, 6) is 0. The van der Waals surface area contributed by atoms with Gasteiger partial charge in [0.05, 0.1) is 0 Å². The van der Waals surface area contributed by atoms with Crippen LogP contribution in [-0.4, -0.2) is 39.3 Å². The molecule has 4 nitrogen and oxygen atoms in total. The summed E-state index contributed by atoms with van der Waals surface area (Å²) in [5.41, 5.74) is 0. The van der Waals surface area contributed by atoms with Crippen LogP contribution in [0.1, 0.15) is 0 Å². The lowest BCUT2D eigenvalue weighted by Gasteiger charge is -2.06. The Hall–Kier alpha value is -0.392. The number of hydrogen-bond donors (Lipinski definition) is 1. The van der Waals surface area contributed by atoms with E-state index >= 15 is 0 Å². The molecule has 0 unspecified atom stereocenters. The summed E-state index contributed by atoms with van der Waals surface area (Å²) >= 11 is 0. The van der Waals surface area contributed by atoms with Crippen molar-refractivity contribution in [2.75, 3.05) is 0 Å². The predicted molar refractivity (Wildman–Crippen MR) is 64.8 cm³/mol. The lowest BCUT2D eigenvalue weighted by Crippen LogP contribution is -2.26. The molecule has 0 heterocycles. The van der Waals surface area contributed by atoms with Gasteiger partial charge in [-0.05, 0) is 0 Å². The van der Waals surface area contributed by atoms with Crippen LogP contribution in [-0.2, 0) is 12.3 Å². The zero-order valence-corrected chi connectivity index (χ0v) is 13.9. The topological polar surface area (TPSA) is 51.5 Å². The van der Waals surface area contributed by atoms with Crippen molar-refractivity contribution in [3.63, 3.8) is 0 Å². The Morgan fingerprint density at radius 3 is 2.57 bits per heavy atom. The third-order valence-electron chi connectivity index (χ3n) is 1.52. The van der Waals surface area contributed by atoms with Gasteiger partial charge < -0.3 is 17.4 Å². The lowest BCUT2D eigenvalue weighted by atomic mass is 10.4. The number of rotatable bonds is 6. The van der Waals surface area contributed by atoms with E-state index in [0.717, 1.165) is 15.7 Å². The molecule has 0 bridgehead atoms. The number of nitrogens with one attached hydrogen (secondary N) is 1. The predicted octanol–water partition coefficient (Wildman–Crippen LogP) is -2.44. The highest BCUT2D eigenvalue weighted by molar-refractivity contribution is 6.60. The Labute approximate surface area is 92.5 Å². The van der Waals surface area contributed by atoms with Crippen LogP contribution in [0.15, 0.2) is 30.3 Å². The molecule has 0 aromatic heterocycles. The first kappa shape index (κ1) is 11.7. The van der Waals surface area contributed by atoms with Crippen LogP contribution in [0.4, 0.5) is 0 Å². The van der Waals surface area contributed by atoms with E-state index in [4.69, 9.17) is 17.4 Å². The van der Waals surface area contributed by atoms with Crippen LogP contribution >= 0.6 is 0 Å². The Morgan fingerprint density at radius 2 is 1.93 bits per heavy atom. The summed E-state index contributed by atoms with van der Waals surface area (Å²) in [4.78, 5) is 0. The van der Waals surface area contributed by atoms with Crippen LogP contribution < -0.4 is 5.19 Å². The SMILES string of the molecule is N=[Si](O[SiH2]O[SiH2]O[SiH3])c1ccccc1. The second-order valence-electron chi connectivity index (χ2n) is 2.57. The fourth-order valence-electron chi connectivity index (χ4n) is 0.891. The fraction of sp³-hybridized carbons (Fsp3) is 0. The Kier molecular flexibility index (Phi) is 5.82. The summed E-state index contributed by atoms with van der Waals surface area (Å²) in [6.45, 7) is 0. The average molecular weight is 260 g/mol. The standard InChI is InChI=1S/C6H13NO3Si4/c7-14(10-13-9-12-8-11)6-4-2-1-3-5-6/h1-5,7H,12-13H2,11H3. The average Bonchev–Trinajstić information content (AvgIpc) is 2.25. The zero-order chi connectivity index (χ0) is 10.2. The monoisotopic (exact) mass is 259 g/mol. The van der Waals surface area contributed by atoms with E-state index in [1.165, 1.54) is 0 Å². The normalized spacial score (nSPS) is 11.7. The van der Waals surface area contributed by atoms with Gasteiger partial charge in [0.15, 0.2) is 0 Å². The number of hydrogen-bond acceptors (Lipinski definition) is 4. The smallest absolute Gasteiger partial charge is 0.372 e. The second kappa shape index (κ2) is 6.97. The number of benzene rings is 1. The Balaban J connectivity index is 2.29. The van der Waals surface area contributed by atoms with E-state index in [9.17, 15) is 0 Å². The van der Waals surface area contributed by atoms with E-state index in [1.807, 2.05) is 30.3 Å². The highest BCUT2D eigenvalue weighted by Crippen LogP contribution is 1.84. The van der Waals surface area contributed by atoms with Gasteiger partial charge in [0.1, 0.15) is 10.5 Å². The van der Waals surface area contributed by atoms with Crippen molar-refractivity contribution in [3.8, 4) is 0 Å². The quantitative estimate of drug-likeness (QED) is 0.456. The minimum Gasteiger partial charge on any atom is -0.575 e. The summed E-state index contributed by atoms with van der Waals surface area (Å²) < 4.78 is 15.6. The van der Waals surface area contributed by atoms with Crippen molar-refractivity contribution in [1.29, 1.82) is 5.05 Å². The van der Waals surface area contributed by atoms with Crippen molar-refractivity contribution in [3.05, 3.63) is 30.3 Å². The van der Waals surface area contributed by atoms with Gasteiger partial charge >= 0.3 is 18.8 Å². The molecule has 0 saturated heterocycles. The molecule has 14 heavy (non-hydrogen) atoms. The van der Waals surface area contributed by atoms with E-state index in [-0.39, 0.29) is 0 Å². The first-order chi connectivity index (χ1) is 6.84. The Bertz CT molecular complexity index is 284. The maximum absolute atomic E-state index is 7.77. The van der Waals surface area contributed by atoms with E-state index in [0.29, 0.717) is 0 Å². The van der Waals surface area contributed by atoms with Gasteiger partial charge in [-0.25, -0.2) is 0 Å². The molecule has 0 aliphatic heterocycles. The van der Waals surface area contributed by atoms with Crippen LogP contribution in [0.25, 0.3) is 0 Å². The first-order valence-electron chi connectivity index (χ1n) is 4.18. The molecule has 0 amide bonds. The van der Waals surface area contributed by atoms with Crippen molar-refractivity contribution < 1.29 is 12.3 Å². The first-order valence-corrected chi connectivity index (χ1v) is 8.71. The van der Waals surface area contributed by atoms with Crippen molar-refractivity contribution in [1.82, 2.24) is 0 Å². The molecule has 0 aliphatic carbocycles. The molecule has 1 rings (SSSR count). The van der Waals surface area contributed by atoms with Crippen LogP contribution in [0, 0.1) is 5.05 Å². The minimum absolute atomic E-state index is 0.743.